The molecular weight excluding hydrogens is 467 g/mol. The van der Waals surface area contributed by atoms with Crippen LogP contribution in [0.1, 0.15) is 57.0 Å². The molecule has 0 aliphatic carbocycles. The predicted octanol–water partition coefficient (Wildman–Crippen LogP) is 5.43. The van der Waals surface area contributed by atoms with E-state index >= 15 is 0 Å². The van der Waals surface area contributed by atoms with Crippen molar-refractivity contribution in [3.05, 3.63) is 71.9 Å². The first-order valence-electron chi connectivity index (χ1n) is 13.1. The van der Waals surface area contributed by atoms with Gasteiger partial charge in [0.25, 0.3) is 0 Å². The monoisotopic (exact) mass is 502 g/mol. The second-order valence-electron chi connectivity index (χ2n) is 10.6. The molecule has 2 aliphatic heterocycles. The van der Waals surface area contributed by atoms with Gasteiger partial charge in [-0.2, -0.15) is 0 Å². The van der Waals surface area contributed by atoms with Crippen LogP contribution in [0, 0.1) is 17.1 Å². The number of piperidine rings is 1. The highest BCUT2D eigenvalue weighted by atomic mass is 19.1. The minimum absolute atomic E-state index is 0.0143. The summed E-state index contributed by atoms with van der Waals surface area (Å²) in [6.45, 7) is 6.31. The lowest BCUT2D eigenvalue weighted by atomic mass is 9.83. The van der Waals surface area contributed by atoms with Crippen LogP contribution in [0.3, 0.4) is 0 Å². The van der Waals surface area contributed by atoms with Crippen LogP contribution >= 0.6 is 0 Å². The molecule has 3 N–H and O–H groups in total. The molecule has 3 aromatic rings. The number of aliphatic hydroxyl groups is 1. The summed E-state index contributed by atoms with van der Waals surface area (Å²) in [5.74, 6) is 2.03. The average molecular weight is 503 g/mol. The van der Waals surface area contributed by atoms with Crippen LogP contribution in [0.4, 0.5) is 10.2 Å². The van der Waals surface area contributed by atoms with E-state index in [1.807, 2.05) is 43.0 Å². The predicted molar refractivity (Wildman–Crippen MR) is 145 cm³/mol. The Morgan fingerprint density at radius 2 is 1.92 bits per heavy atom. The van der Waals surface area contributed by atoms with Gasteiger partial charge in [0.05, 0.1) is 29.2 Å². The lowest BCUT2D eigenvalue weighted by Crippen LogP contribution is -2.42. The van der Waals surface area contributed by atoms with E-state index in [0.29, 0.717) is 17.6 Å². The standard InChI is InChI=1S/C29H35FN6O/c1-29(2,37)21-13-16-35(17-14-21)28-10-4-8-23(34-28)24-19-32-27(33-24)12-11-26(31)36-15-5-9-25(36)20-6-3-7-22(30)18-20/h3-4,6-8,10-12,18-19,21,25,31,37H,5,9,13-17H2,1-2H3,(H,32,33)/b12-11-,31-26?. The minimum atomic E-state index is -0.646. The quantitative estimate of drug-likeness (QED) is 0.309. The van der Waals surface area contributed by atoms with Crippen molar-refractivity contribution in [1.82, 2.24) is 19.9 Å². The fourth-order valence-corrected chi connectivity index (χ4v) is 5.48. The molecule has 0 amide bonds. The summed E-state index contributed by atoms with van der Waals surface area (Å²) < 4.78 is 13.7. The van der Waals surface area contributed by atoms with Crippen LogP contribution in [-0.2, 0) is 0 Å². The Labute approximate surface area is 217 Å². The highest BCUT2D eigenvalue weighted by Crippen LogP contribution is 2.33. The van der Waals surface area contributed by atoms with Crippen LogP contribution in [0.5, 0.6) is 0 Å². The molecule has 194 valence electrons. The van der Waals surface area contributed by atoms with Gasteiger partial charge in [-0.15, -0.1) is 0 Å². The van der Waals surface area contributed by atoms with E-state index in [4.69, 9.17) is 10.4 Å². The highest BCUT2D eigenvalue weighted by molar-refractivity contribution is 5.94. The number of anilines is 1. The maximum absolute atomic E-state index is 13.7. The molecule has 2 aliphatic rings. The fourth-order valence-electron chi connectivity index (χ4n) is 5.48. The lowest BCUT2D eigenvalue weighted by Gasteiger charge is -2.38. The third kappa shape index (κ3) is 5.74. The number of imidazole rings is 1. The number of H-pyrrole nitrogens is 1. The van der Waals surface area contributed by atoms with Gasteiger partial charge in [-0.25, -0.2) is 14.4 Å². The first-order valence-corrected chi connectivity index (χ1v) is 13.1. The van der Waals surface area contributed by atoms with E-state index in [-0.39, 0.29) is 11.9 Å². The number of hydrogen-bond acceptors (Lipinski definition) is 5. The zero-order chi connectivity index (χ0) is 26.0. The molecule has 2 fully saturated rings. The zero-order valence-corrected chi connectivity index (χ0v) is 21.5. The number of aromatic nitrogens is 3. The van der Waals surface area contributed by atoms with Crippen molar-refractivity contribution in [3.63, 3.8) is 0 Å². The smallest absolute Gasteiger partial charge is 0.130 e. The summed E-state index contributed by atoms with van der Waals surface area (Å²) in [6, 6.07) is 12.7. The summed E-state index contributed by atoms with van der Waals surface area (Å²) in [7, 11) is 0. The molecule has 37 heavy (non-hydrogen) atoms. The molecule has 0 saturated carbocycles. The molecule has 2 aromatic heterocycles. The van der Waals surface area contributed by atoms with Crippen LogP contribution in [0.2, 0.25) is 0 Å². The summed E-state index contributed by atoms with van der Waals surface area (Å²) in [4.78, 5) is 16.9. The van der Waals surface area contributed by atoms with E-state index in [9.17, 15) is 9.50 Å². The van der Waals surface area contributed by atoms with Crippen molar-refractivity contribution < 1.29 is 9.50 Å². The number of nitrogens with zero attached hydrogens (tertiary/aromatic N) is 4. The molecule has 0 bridgehead atoms. The summed E-state index contributed by atoms with van der Waals surface area (Å²) in [5.41, 5.74) is 1.90. The van der Waals surface area contributed by atoms with Crippen molar-refractivity contribution in [3.8, 4) is 11.4 Å². The van der Waals surface area contributed by atoms with Gasteiger partial charge < -0.3 is 19.9 Å². The van der Waals surface area contributed by atoms with Gasteiger partial charge in [0.15, 0.2) is 0 Å². The Kier molecular flexibility index (Phi) is 7.11. The third-order valence-corrected chi connectivity index (χ3v) is 7.62. The number of pyridine rings is 1. The number of benzene rings is 1. The van der Waals surface area contributed by atoms with Crippen molar-refractivity contribution >= 4 is 17.7 Å². The summed E-state index contributed by atoms with van der Waals surface area (Å²) in [5, 5.41) is 18.9. The Hall–Kier alpha value is -3.52. The maximum Gasteiger partial charge on any atom is 0.130 e. The van der Waals surface area contributed by atoms with E-state index in [2.05, 4.69) is 14.9 Å². The lowest BCUT2D eigenvalue weighted by molar-refractivity contribution is 0.00646. The van der Waals surface area contributed by atoms with E-state index in [0.717, 1.165) is 68.1 Å². The molecule has 5 rings (SSSR count). The highest BCUT2D eigenvalue weighted by Gasteiger charge is 2.31. The SMILES string of the molecule is CC(C)(O)C1CCN(c2cccc(-c3cnc(/C=C\C(=N)N4CCCC4c4cccc(F)c4)[nH]3)n2)CC1. The Morgan fingerprint density at radius 3 is 2.68 bits per heavy atom. The molecule has 2 saturated heterocycles. The van der Waals surface area contributed by atoms with Gasteiger partial charge in [0.2, 0.25) is 0 Å². The Bertz CT molecular complexity index is 1270. The molecular formula is C29H35FN6O. The first-order chi connectivity index (χ1) is 17.8. The van der Waals surface area contributed by atoms with E-state index < -0.39 is 5.60 Å². The van der Waals surface area contributed by atoms with Crippen molar-refractivity contribution in [2.24, 2.45) is 5.92 Å². The third-order valence-electron chi connectivity index (χ3n) is 7.62. The van der Waals surface area contributed by atoms with Gasteiger partial charge >= 0.3 is 0 Å². The van der Waals surface area contributed by atoms with Crippen molar-refractivity contribution in [2.45, 2.75) is 51.2 Å². The molecule has 8 heteroatoms. The molecule has 4 heterocycles. The van der Waals surface area contributed by atoms with Gasteiger partial charge in [-0.05, 0) is 87.4 Å². The average Bonchev–Trinajstić information content (AvgIpc) is 3.57. The van der Waals surface area contributed by atoms with Crippen LogP contribution < -0.4 is 4.90 Å². The summed E-state index contributed by atoms with van der Waals surface area (Å²) in [6.07, 6.45) is 9.08. The Balaban J connectivity index is 1.24. The number of likely N-dealkylation sites (tertiary alicyclic amines) is 1. The Morgan fingerprint density at radius 1 is 1.14 bits per heavy atom. The van der Waals surface area contributed by atoms with Gasteiger partial charge in [-0.3, -0.25) is 5.41 Å². The fraction of sp³-hybridized carbons (Fsp3) is 0.414. The largest absolute Gasteiger partial charge is 0.390 e. The van der Waals surface area contributed by atoms with Crippen LogP contribution in [-0.4, -0.2) is 56.0 Å². The summed E-state index contributed by atoms with van der Waals surface area (Å²) >= 11 is 0. The number of amidine groups is 1. The van der Waals surface area contributed by atoms with Gasteiger partial charge in [0, 0.05) is 19.6 Å². The number of rotatable bonds is 6. The second-order valence-corrected chi connectivity index (χ2v) is 10.6. The molecule has 1 aromatic carbocycles. The maximum atomic E-state index is 13.7. The van der Waals surface area contributed by atoms with Crippen molar-refractivity contribution in [2.75, 3.05) is 24.5 Å². The number of nitrogens with one attached hydrogen (secondary N) is 2. The molecule has 1 atom stereocenters. The normalized spacial score (nSPS) is 19.2. The molecule has 7 nitrogen and oxygen atoms in total. The van der Waals surface area contributed by atoms with Crippen LogP contribution in [0.15, 0.2) is 54.7 Å². The second kappa shape index (κ2) is 10.5. The topological polar surface area (TPSA) is 92.1 Å². The van der Waals surface area contributed by atoms with E-state index in [1.54, 1.807) is 30.5 Å². The molecule has 0 spiro atoms. The minimum Gasteiger partial charge on any atom is -0.390 e. The number of hydrogen-bond donors (Lipinski definition) is 3. The van der Waals surface area contributed by atoms with Crippen LogP contribution in [0.25, 0.3) is 17.5 Å². The van der Waals surface area contributed by atoms with Gasteiger partial charge in [-0.1, -0.05) is 18.2 Å². The van der Waals surface area contributed by atoms with Crippen molar-refractivity contribution in [1.29, 1.82) is 5.41 Å². The molecule has 1 unspecified atom stereocenters. The van der Waals surface area contributed by atoms with Gasteiger partial charge in [0.1, 0.15) is 23.3 Å². The molecule has 0 radical (unpaired) electrons. The van der Waals surface area contributed by atoms with E-state index in [1.165, 1.54) is 6.07 Å². The number of aromatic amines is 1. The zero-order valence-electron chi connectivity index (χ0n) is 21.5. The first kappa shape index (κ1) is 25.1. The number of halogens is 1.